The number of carboxylic acids is 1. The second-order valence-corrected chi connectivity index (χ2v) is 23.7. The molecule has 0 atom stereocenters. The maximum Gasteiger partial charge on any atom is 0.433 e. The lowest BCUT2D eigenvalue weighted by Crippen LogP contribution is -2.19. The average molecular weight is 1330 g/mol. The maximum atomic E-state index is 12.9. The Bertz CT molecular complexity index is 4410. The molecule has 6 aromatic carbocycles. The van der Waals surface area contributed by atoms with Crippen LogP contribution < -0.4 is 15.2 Å². The molecule has 90 heavy (non-hydrogen) atoms. The first-order chi connectivity index (χ1) is 42.1. The van der Waals surface area contributed by atoms with E-state index in [4.69, 9.17) is 16.4 Å². The number of sulfonamides is 2. The van der Waals surface area contributed by atoms with Gasteiger partial charge in [0.1, 0.15) is 17.1 Å². The van der Waals surface area contributed by atoms with Crippen molar-refractivity contribution in [2.24, 2.45) is 0 Å². The van der Waals surface area contributed by atoms with Crippen molar-refractivity contribution in [1.29, 1.82) is 0 Å². The van der Waals surface area contributed by atoms with E-state index in [1.54, 1.807) is 78.9 Å². The fraction of sp³-hybridized carbons (Fsp3) is 0.0847. The van der Waals surface area contributed by atoms with Crippen LogP contribution in [0.25, 0.3) is 33.4 Å². The summed E-state index contributed by atoms with van der Waals surface area (Å²) in [7, 11) is -6.04. The predicted octanol–water partition coefficient (Wildman–Crippen LogP) is 13.4. The third-order valence-electron chi connectivity index (χ3n) is 11.8. The van der Waals surface area contributed by atoms with Gasteiger partial charge in [0.25, 0.3) is 29.1 Å². The summed E-state index contributed by atoms with van der Waals surface area (Å²) < 4.78 is 199. The number of carboxylic acid groups (broad SMARTS) is 1. The summed E-state index contributed by atoms with van der Waals surface area (Å²) in [5.41, 5.74) is 6.32. The number of alkyl halides is 9. The lowest BCUT2D eigenvalue weighted by atomic mass is 10.0. The highest BCUT2D eigenvalue weighted by Gasteiger charge is 2.36. The molecule has 9 rings (SSSR count). The number of hydrogen-bond acceptors (Lipinski definition) is 15. The Balaban J connectivity index is 0.000000200. The van der Waals surface area contributed by atoms with Gasteiger partial charge >= 0.3 is 36.4 Å². The fourth-order valence-corrected chi connectivity index (χ4v) is 10.4. The van der Waals surface area contributed by atoms with Crippen molar-refractivity contribution < 1.29 is 93.7 Å². The monoisotopic (exact) mass is 1330 g/mol. The number of benzene rings is 6. The van der Waals surface area contributed by atoms with E-state index in [1.165, 1.54) is 37.4 Å². The molecule has 0 saturated heterocycles. The first kappa shape index (κ1) is 69.2. The van der Waals surface area contributed by atoms with Crippen LogP contribution in [0.1, 0.15) is 48.2 Å². The SMILES string of the molecule is COC(=O)c1ccc(-c2ccccc2)cc1N.COC(=O)c1ccc(-c2ccccc2)cc1NS(=O)(=O)c1cccc(C(F)(F)F)n1.O=C(O)c1ccc(-c2ccccc2)cc1NS(=O)(=O)c1cccc(C(F)(F)F)n1.O=S(=O)(Cl)c1cccc(C(F)(F)F)n1. The highest BCUT2D eigenvalue weighted by Crippen LogP contribution is 2.34. The van der Waals surface area contributed by atoms with Gasteiger partial charge in [-0.1, -0.05) is 127 Å². The largest absolute Gasteiger partial charge is 0.478 e. The summed E-state index contributed by atoms with van der Waals surface area (Å²) in [6.07, 6.45) is -14.3. The van der Waals surface area contributed by atoms with Crippen LogP contribution in [0, 0.1) is 0 Å². The number of rotatable bonds is 13. The quantitative estimate of drug-likeness (QED) is 0.0361. The highest BCUT2D eigenvalue weighted by molar-refractivity contribution is 8.13. The Labute approximate surface area is 511 Å². The summed E-state index contributed by atoms with van der Waals surface area (Å²) in [5, 5.41) is 6.82. The molecule has 0 fully saturated rings. The van der Waals surface area contributed by atoms with Gasteiger partial charge in [-0.25, -0.2) is 37.8 Å². The summed E-state index contributed by atoms with van der Waals surface area (Å²) in [4.78, 5) is 44.1. The van der Waals surface area contributed by atoms with E-state index in [0.29, 0.717) is 46.1 Å². The lowest BCUT2D eigenvalue weighted by molar-refractivity contribution is -0.142. The van der Waals surface area contributed by atoms with E-state index in [0.717, 1.165) is 60.2 Å². The summed E-state index contributed by atoms with van der Waals surface area (Å²) in [6.45, 7) is 0. The minimum atomic E-state index is -4.83. The molecule has 0 spiro atoms. The van der Waals surface area contributed by atoms with Gasteiger partial charge in [-0.2, -0.15) is 56.3 Å². The van der Waals surface area contributed by atoms with E-state index in [9.17, 15) is 84.3 Å². The molecule has 0 unspecified atom stereocenters. The number of anilines is 3. The fourth-order valence-electron chi connectivity index (χ4n) is 7.57. The number of nitrogens with one attached hydrogen (secondary N) is 2. The zero-order valence-electron chi connectivity index (χ0n) is 45.9. The number of nitrogen functional groups attached to an aromatic ring is 1. The molecule has 3 aromatic heterocycles. The van der Waals surface area contributed by atoms with E-state index in [1.807, 2.05) is 41.1 Å². The number of nitrogens with two attached hydrogens (primary N) is 1. The first-order valence-corrected chi connectivity index (χ1v) is 30.3. The first-order valence-electron chi connectivity index (χ1n) is 25.0. The Hall–Kier alpha value is -9.91. The molecular weight excluding hydrogens is 1290 g/mol. The van der Waals surface area contributed by atoms with Crippen molar-refractivity contribution in [2.45, 2.75) is 33.6 Å². The molecule has 0 aliphatic carbocycles. The Morgan fingerprint density at radius 2 is 0.733 bits per heavy atom. The van der Waals surface area contributed by atoms with E-state index < -0.39 is 97.7 Å². The predicted molar refractivity (Wildman–Crippen MR) is 312 cm³/mol. The molecule has 470 valence electrons. The minimum Gasteiger partial charge on any atom is -0.478 e. The summed E-state index contributed by atoms with van der Waals surface area (Å²) >= 11 is 0. The molecule has 0 amide bonds. The second kappa shape index (κ2) is 28.9. The van der Waals surface area contributed by atoms with E-state index in [2.05, 4.69) is 29.1 Å². The van der Waals surface area contributed by atoms with E-state index in [-0.39, 0.29) is 22.5 Å². The molecule has 31 heteroatoms. The third kappa shape index (κ3) is 18.8. The number of carbonyl (C=O) groups is 3. The number of methoxy groups -OCH3 is 2. The normalized spacial score (nSPS) is 11.6. The van der Waals surface area contributed by atoms with Gasteiger partial charge in [0.2, 0.25) is 0 Å². The third-order valence-corrected chi connectivity index (χ3v) is 15.5. The second-order valence-electron chi connectivity index (χ2n) is 17.9. The molecule has 0 saturated carbocycles. The summed E-state index contributed by atoms with van der Waals surface area (Å²) in [6, 6.07) is 48.6. The van der Waals surface area contributed by atoms with Gasteiger partial charge in [0.05, 0.1) is 42.3 Å². The number of aromatic nitrogens is 3. The number of carbonyl (C=O) groups excluding carboxylic acids is 2. The van der Waals surface area contributed by atoms with Crippen LogP contribution >= 0.6 is 10.7 Å². The van der Waals surface area contributed by atoms with Crippen molar-refractivity contribution in [3.63, 3.8) is 0 Å². The van der Waals surface area contributed by atoms with Crippen LogP contribution in [-0.4, -0.2) is 77.4 Å². The van der Waals surface area contributed by atoms with Gasteiger partial charge in [-0.3, -0.25) is 9.44 Å². The molecule has 0 bridgehead atoms. The molecule has 0 aliphatic heterocycles. The zero-order valence-corrected chi connectivity index (χ0v) is 49.1. The van der Waals surface area contributed by atoms with Crippen LogP contribution in [0.3, 0.4) is 0 Å². The number of aromatic carboxylic acids is 1. The number of pyridine rings is 3. The van der Waals surface area contributed by atoms with Crippen LogP contribution in [0.2, 0.25) is 0 Å². The van der Waals surface area contributed by atoms with Gasteiger partial charge in [0, 0.05) is 16.4 Å². The number of halogens is 10. The van der Waals surface area contributed by atoms with Gasteiger partial charge < -0.3 is 20.3 Å². The zero-order chi connectivity index (χ0) is 66.4. The number of hydrogen-bond donors (Lipinski definition) is 4. The number of nitrogens with zero attached hydrogens (tertiary/aromatic N) is 3. The van der Waals surface area contributed by atoms with Crippen LogP contribution in [-0.2, 0) is 57.1 Å². The molecule has 18 nitrogen and oxygen atoms in total. The average Bonchev–Trinajstić information content (AvgIpc) is 1.60. The molecule has 5 N–H and O–H groups in total. The minimum absolute atomic E-state index is 0.104. The van der Waals surface area contributed by atoms with Crippen molar-refractivity contribution in [3.8, 4) is 33.4 Å². The number of esters is 2. The van der Waals surface area contributed by atoms with Crippen molar-refractivity contribution in [1.82, 2.24) is 15.0 Å². The van der Waals surface area contributed by atoms with Crippen LogP contribution in [0.5, 0.6) is 0 Å². The highest BCUT2D eigenvalue weighted by atomic mass is 35.7. The molecule has 0 aliphatic rings. The standard InChI is InChI=1S/C20H15F3N2O4S.C19H13F3N2O4S.C14H13NO2.C6H3ClF3NO2S/c1-29-19(26)15-11-10-14(13-6-3-2-4-7-13)12-16(15)25-30(27,28)18-9-5-8-17(24-18)20(21,22)23;20-19(21,22)16-7-4-8-17(23-16)29(27,28)24-15-11-13(9-10-14(15)18(25)26)12-5-2-1-3-6-12;1-17-14(16)12-8-7-11(9-13(12)15)10-5-3-2-4-6-10;7-14(12,13)5-3-1-2-4(11-5)6(8,9)10/h2-12,25H,1H3;1-11,24H,(H,25,26);2-9H,15H2,1H3;1-3H. The maximum absolute atomic E-state index is 12.9. The Morgan fingerprint density at radius 3 is 1.07 bits per heavy atom. The topological polar surface area (TPSA) is 281 Å². The molecular formula is C59H44ClF9N6O12S3. The van der Waals surface area contributed by atoms with Crippen LogP contribution in [0.4, 0.5) is 56.6 Å². The van der Waals surface area contributed by atoms with Crippen molar-refractivity contribution in [2.75, 3.05) is 29.4 Å². The van der Waals surface area contributed by atoms with Gasteiger partial charge in [-0.05, 0) is 106 Å². The Kier molecular flexibility index (Phi) is 22.3. The molecule has 0 radical (unpaired) electrons. The smallest absolute Gasteiger partial charge is 0.433 e. The summed E-state index contributed by atoms with van der Waals surface area (Å²) in [5.74, 6) is -2.63. The van der Waals surface area contributed by atoms with Crippen LogP contribution in [0.15, 0.2) is 215 Å². The van der Waals surface area contributed by atoms with Crippen molar-refractivity contribution >= 4 is 74.7 Å². The lowest BCUT2D eigenvalue weighted by Gasteiger charge is -2.14. The van der Waals surface area contributed by atoms with Crippen molar-refractivity contribution in [3.05, 3.63) is 234 Å². The molecule has 9 aromatic rings. The number of ether oxygens (including phenoxy) is 2. The molecule has 3 heterocycles. The Morgan fingerprint density at radius 1 is 0.422 bits per heavy atom. The van der Waals surface area contributed by atoms with Gasteiger partial charge in [-0.15, -0.1) is 0 Å². The van der Waals surface area contributed by atoms with Gasteiger partial charge in [0.15, 0.2) is 15.1 Å². The van der Waals surface area contributed by atoms with E-state index >= 15 is 0 Å².